The summed E-state index contributed by atoms with van der Waals surface area (Å²) in [5.41, 5.74) is 2.70. The normalized spacial score (nSPS) is 16.1. The molecule has 0 radical (unpaired) electrons. The molecule has 0 unspecified atom stereocenters. The molecule has 0 aliphatic carbocycles. The minimum Gasteiger partial charge on any atom is -0.391 e. The van der Waals surface area contributed by atoms with Crippen molar-refractivity contribution in [2.24, 2.45) is 0 Å². The molecule has 3 rings (SSSR count). The zero-order chi connectivity index (χ0) is 19.2. The van der Waals surface area contributed by atoms with Crippen LogP contribution >= 0.6 is 0 Å². The van der Waals surface area contributed by atoms with Gasteiger partial charge in [0.1, 0.15) is 12.2 Å². The number of aliphatic hydroxyl groups excluding tert-OH is 1. The van der Waals surface area contributed by atoms with E-state index in [2.05, 4.69) is 10.2 Å². The standard InChI is InChI=1S/C20H26N4O3/c1-16(17-5-3-2-4-6-17)21-19-15-18(7-8-20(19)24(26)27)23-11-9-22(10-12-23)13-14-25/h2-8,15-16,21,25H,9-14H2,1H3/p+1/t16-/m0/s1. The molecule has 1 aliphatic rings. The third-order valence-electron chi connectivity index (χ3n) is 5.15. The number of hydrogen-bond donors (Lipinski definition) is 3. The van der Waals surface area contributed by atoms with Gasteiger partial charge in [-0.25, -0.2) is 0 Å². The number of aliphatic hydroxyl groups is 1. The summed E-state index contributed by atoms with van der Waals surface area (Å²) in [6.45, 7) is 6.65. The minimum absolute atomic E-state index is 0.0361. The van der Waals surface area contributed by atoms with E-state index in [4.69, 9.17) is 5.11 Å². The van der Waals surface area contributed by atoms with Crippen LogP contribution in [0.25, 0.3) is 0 Å². The fraction of sp³-hybridized carbons (Fsp3) is 0.400. The molecule has 0 saturated carbocycles. The highest BCUT2D eigenvalue weighted by Gasteiger charge is 2.23. The van der Waals surface area contributed by atoms with Crippen LogP contribution in [0.5, 0.6) is 0 Å². The Kier molecular flexibility index (Phi) is 6.26. The van der Waals surface area contributed by atoms with Gasteiger partial charge in [-0.1, -0.05) is 30.3 Å². The summed E-state index contributed by atoms with van der Waals surface area (Å²) in [6, 6.07) is 15.2. The van der Waals surface area contributed by atoms with Gasteiger partial charge < -0.3 is 20.2 Å². The molecule has 1 saturated heterocycles. The summed E-state index contributed by atoms with van der Waals surface area (Å²) >= 11 is 0. The lowest BCUT2D eigenvalue weighted by molar-refractivity contribution is -0.900. The van der Waals surface area contributed by atoms with Crippen molar-refractivity contribution >= 4 is 17.1 Å². The molecule has 1 aliphatic heterocycles. The first-order chi connectivity index (χ1) is 13.1. The van der Waals surface area contributed by atoms with E-state index in [0.717, 1.165) is 44.0 Å². The predicted molar refractivity (Wildman–Crippen MR) is 106 cm³/mol. The van der Waals surface area contributed by atoms with Crippen LogP contribution in [0.2, 0.25) is 0 Å². The summed E-state index contributed by atoms with van der Waals surface area (Å²) in [5.74, 6) is 0. The van der Waals surface area contributed by atoms with Gasteiger partial charge in [-0.3, -0.25) is 10.1 Å². The number of nitrogens with zero attached hydrogens (tertiary/aromatic N) is 2. The molecule has 0 spiro atoms. The summed E-state index contributed by atoms with van der Waals surface area (Å²) < 4.78 is 0. The van der Waals surface area contributed by atoms with Crippen LogP contribution in [0, 0.1) is 10.1 Å². The SMILES string of the molecule is C[C@H](Nc1cc(N2CC[NH+](CCO)CC2)ccc1[N+](=O)[O-])c1ccccc1. The van der Waals surface area contributed by atoms with E-state index in [1.807, 2.05) is 49.4 Å². The molecule has 1 fully saturated rings. The van der Waals surface area contributed by atoms with Crippen LogP contribution in [-0.2, 0) is 0 Å². The van der Waals surface area contributed by atoms with Crippen LogP contribution in [0.15, 0.2) is 48.5 Å². The van der Waals surface area contributed by atoms with E-state index < -0.39 is 0 Å². The molecule has 144 valence electrons. The third kappa shape index (κ3) is 4.75. The van der Waals surface area contributed by atoms with Gasteiger partial charge in [0.05, 0.1) is 37.7 Å². The predicted octanol–water partition coefficient (Wildman–Crippen LogP) is 1.47. The second kappa shape index (κ2) is 8.83. The van der Waals surface area contributed by atoms with Crippen LogP contribution in [-0.4, -0.2) is 49.4 Å². The average Bonchev–Trinajstić information content (AvgIpc) is 2.69. The highest BCUT2D eigenvalue weighted by atomic mass is 16.6. The number of piperazine rings is 1. The first kappa shape index (κ1) is 19.1. The fourth-order valence-electron chi connectivity index (χ4n) is 3.54. The number of anilines is 2. The van der Waals surface area contributed by atoms with Gasteiger partial charge in [0, 0.05) is 17.8 Å². The lowest BCUT2D eigenvalue weighted by Gasteiger charge is -2.33. The van der Waals surface area contributed by atoms with Gasteiger partial charge in [-0.2, -0.15) is 0 Å². The number of quaternary nitrogens is 1. The maximum absolute atomic E-state index is 11.5. The number of benzene rings is 2. The molecule has 2 aromatic rings. The number of nitrogens with one attached hydrogen (secondary N) is 2. The third-order valence-corrected chi connectivity index (χ3v) is 5.15. The number of rotatable bonds is 7. The van der Waals surface area contributed by atoms with E-state index in [1.165, 1.54) is 4.90 Å². The van der Waals surface area contributed by atoms with Gasteiger partial charge in [-0.15, -0.1) is 0 Å². The van der Waals surface area contributed by atoms with Crippen molar-refractivity contribution in [3.05, 3.63) is 64.2 Å². The first-order valence-corrected chi connectivity index (χ1v) is 9.38. The van der Waals surface area contributed by atoms with Crippen LogP contribution < -0.4 is 15.1 Å². The van der Waals surface area contributed by atoms with Crippen LogP contribution in [0.3, 0.4) is 0 Å². The highest BCUT2D eigenvalue weighted by Crippen LogP contribution is 2.32. The molecule has 0 amide bonds. The van der Waals surface area contributed by atoms with Gasteiger partial charge >= 0.3 is 0 Å². The van der Waals surface area contributed by atoms with Gasteiger partial charge in [-0.05, 0) is 24.6 Å². The van der Waals surface area contributed by atoms with Crippen molar-refractivity contribution in [3.8, 4) is 0 Å². The Balaban J connectivity index is 1.78. The molecule has 0 aromatic heterocycles. The van der Waals surface area contributed by atoms with E-state index in [1.54, 1.807) is 6.07 Å². The molecule has 7 nitrogen and oxygen atoms in total. The maximum atomic E-state index is 11.5. The number of nitro groups is 1. The number of hydrogen-bond acceptors (Lipinski definition) is 5. The fourth-order valence-corrected chi connectivity index (χ4v) is 3.54. The zero-order valence-electron chi connectivity index (χ0n) is 15.6. The summed E-state index contributed by atoms with van der Waals surface area (Å²) in [6.07, 6.45) is 0. The largest absolute Gasteiger partial charge is 0.391 e. The topological polar surface area (TPSA) is 83.1 Å². The monoisotopic (exact) mass is 371 g/mol. The van der Waals surface area contributed by atoms with Crippen molar-refractivity contribution in [2.45, 2.75) is 13.0 Å². The Labute approximate surface area is 159 Å². The molecule has 7 heteroatoms. The quantitative estimate of drug-likeness (QED) is 0.507. The van der Waals surface area contributed by atoms with Crippen molar-refractivity contribution in [2.75, 3.05) is 49.5 Å². The van der Waals surface area contributed by atoms with Crippen molar-refractivity contribution in [1.29, 1.82) is 0 Å². The van der Waals surface area contributed by atoms with Gasteiger partial charge in [0.25, 0.3) is 5.69 Å². The molecule has 27 heavy (non-hydrogen) atoms. The molecule has 1 heterocycles. The Bertz CT molecular complexity index is 761. The molecular weight excluding hydrogens is 344 g/mol. The molecule has 0 bridgehead atoms. The second-order valence-corrected chi connectivity index (χ2v) is 6.95. The second-order valence-electron chi connectivity index (χ2n) is 6.95. The molecule has 2 aromatic carbocycles. The Hall–Kier alpha value is -2.64. The average molecular weight is 371 g/mol. The van der Waals surface area contributed by atoms with Crippen LogP contribution in [0.1, 0.15) is 18.5 Å². The zero-order valence-corrected chi connectivity index (χ0v) is 15.6. The van der Waals surface area contributed by atoms with Crippen molar-refractivity contribution < 1.29 is 14.9 Å². The molecular formula is C20H27N4O3+. The Morgan fingerprint density at radius 1 is 1.22 bits per heavy atom. The number of nitro benzene ring substituents is 1. The van der Waals surface area contributed by atoms with Crippen molar-refractivity contribution in [1.82, 2.24) is 0 Å². The smallest absolute Gasteiger partial charge is 0.292 e. The minimum atomic E-state index is -0.340. The van der Waals surface area contributed by atoms with E-state index in [9.17, 15) is 10.1 Å². The van der Waals surface area contributed by atoms with E-state index in [0.29, 0.717) is 5.69 Å². The highest BCUT2D eigenvalue weighted by molar-refractivity contribution is 5.69. The summed E-state index contributed by atoms with van der Waals surface area (Å²) in [7, 11) is 0. The Morgan fingerprint density at radius 2 is 1.93 bits per heavy atom. The molecule has 3 N–H and O–H groups in total. The first-order valence-electron chi connectivity index (χ1n) is 9.38. The van der Waals surface area contributed by atoms with Crippen molar-refractivity contribution in [3.63, 3.8) is 0 Å². The molecule has 1 atom stereocenters. The summed E-state index contributed by atoms with van der Waals surface area (Å²) in [4.78, 5) is 14.8. The lowest BCUT2D eigenvalue weighted by Crippen LogP contribution is -3.15. The Morgan fingerprint density at radius 3 is 2.56 bits per heavy atom. The summed E-state index contributed by atoms with van der Waals surface area (Å²) in [5, 5.41) is 23.9. The van der Waals surface area contributed by atoms with Crippen LogP contribution in [0.4, 0.5) is 17.1 Å². The van der Waals surface area contributed by atoms with E-state index in [-0.39, 0.29) is 23.3 Å². The van der Waals surface area contributed by atoms with Gasteiger partial charge in [0.15, 0.2) is 0 Å². The maximum Gasteiger partial charge on any atom is 0.292 e. The van der Waals surface area contributed by atoms with E-state index >= 15 is 0 Å². The lowest BCUT2D eigenvalue weighted by atomic mass is 10.1. The van der Waals surface area contributed by atoms with Gasteiger partial charge in [0.2, 0.25) is 0 Å².